The predicted molar refractivity (Wildman–Crippen MR) is 99.5 cm³/mol. The quantitative estimate of drug-likeness (QED) is 0.610. The first kappa shape index (κ1) is 17.8. The maximum Gasteiger partial charge on any atom is 0.303 e. The molecular weight excluding hydrogens is 332 g/mol. The van der Waals surface area contributed by atoms with E-state index in [1.807, 2.05) is 55.4 Å². The van der Waals surface area contributed by atoms with Crippen molar-refractivity contribution in [3.05, 3.63) is 54.1 Å². The van der Waals surface area contributed by atoms with Gasteiger partial charge >= 0.3 is 5.97 Å². The number of esters is 1. The number of hydrogen-bond donors (Lipinski definition) is 0. The Hall–Kier alpha value is -3.02. The van der Waals surface area contributed by atoms with Gasteiger partial charge in [0.05, 0.1) is 7.11 Å². The van der Waals surface area contributed by atoms with Crippen LogP contribution in [0.5, 0.6) is 5.75 Å². The van der Waals surface area contributed by atoms with Crippen molar-refractivity contribution in [1.82, 2.24) is 0 Å². The van der Waals surface area contributed by atoms with Crippen molar-refractivity contribution in [2.24, 2.45) is 0 Å². The minimum Gasteiger partial charge on any atom is -0.497 e. The highest BCUT2D eigenvalue weighted by Crippen LogP contribution is 2.41. The van der Waals surface area contributed by atoms with Gasteiger partial charge in [0.1, 0.15) is 11.8 Å². The number of carbonyl (C=O) groups excluding carboxylic acids is 2. The van der Waals surface area contributed by atoms with Gasteiger partial charge in [0.15, 0.2) is 0 Å². The first-order valence-corrected chi connectivity index (χ1v) is 8.34. The van der Waals surface area contributed by atoms with Gasteiger partial charge in [-0.1, -0.05) is 12.1 Å². The SMILES string of the molecule is COc1ccc(N2C(=O)[C@H](OC(C)=O)[C@@H]2c2ccc(N(C)C)cc2)cc1. The fourth-order valence-electron chi connectivity index (χ4n) is 3.08. The molecule has 0 aliphatic carbocycles. The van der Waals surface area contributed by atoms with Crippen molar-refractivity contribution in [2.75, 3.05) is 31.0 Å². The highest BCUT2D eigenvalue weighted by atomic mass is 16.6. The van der Waals surface area contributed by atoms with Gasteiger partial charge in [-0.3, -0.25) is 14.5 Å². The molecule has 6 heteroatoms. The average Bonchev–Trinajstić information content (AvgIpc) is 2.64. The third-order valence-electron chi connectivity index (χ3n) is 4.44. The number of nitrogens with zero attached hydrogens (tertiary/aromatic N) is 2. The first-order valence-electron chi connectivity index (χ1n) is 8.34. The van der Waals surface area contributed by atoms with Crippen LogP contribution in [-0.2, 0) is 14.3 Å². The molecule has 1 aliphatic heterocycles. The van der Waals surface area contributed by atoms with Crippen LogP contribution in [0.1, 0.15) is 18.5 Å². The van der Waals surface area contributed by atoms with Crippen molar-refractivity contribution in [2.45, 2.75) is 19.1 Å². The van der Waals surface area contributed by atoms with Gasteiger partial charge in [0, 0.05) is 32.4 Å². The third kappa shape index (κ3) is 3.22. The minimum atomic E-state index is -0.806. The highest BCUT2D eigenvalue weighted by Gasteiger charge is 2.51. The monoisotopic (exact) mass is 354 g/mol. The second kappa shape index (κ2) is 7.07. The molecule has 1 heterocycles. The highest BCUT2D eigenvalue weighted by molar-refractivity contribution is 6.06. The van der Waals surface area contributed by atoms with Crippen LogP contribution in [0, 0.1) is 0 Å². The number of hydrogen-bond acceptors (Lipinski definition) is 5. The van der Waals surface area contributed by atoms with Crippen LogP contribution in [0.2, 0.25) is 0 Å². The van der Waals surface area contributed by atoms with Gasteiger partial charge in [-0.2, -0.15) is 0 Å². The Morgan fingerprint density at radius 3 is 2.15 bits per heavy atom. The number of ether oxygens (including phenoxy) is 2. The van der Waals surface area contributed by atoms with Crippen molar-refractivity contribution in [3.8, 4) is 5.75 Å². The van der Waals surface area contributed by atoms with Gasteiger partial charge in [-0.25, -0.2) is 0 Å². The summed E-state index contributed by atoms with van der Waals surface area (Å²) in [6, 6.07) is 14.8. The summed E-state index contributed by atoms with van der Waals surface area (Å²) in [4.78, 5) is 27.7. The lowest BCUT2D eigenvalue weighted by molar-refractivity contribution is -0.160. The zero-order valence-corrected chi connectivity index (χ0v) is 15.3. The fourth-order valence-corrected chi connectivity index (χ4v) is 3.08. The molecule has 0 radical (unpaired) electrons. The second-order valence-electron chi connectivity index (χ2n) is 6.37. The number of β-lactam (4-membered cyclic amide) rings is 1. The fraction of sp³-hybridized carbons (Fsp3) is 0.300. The van der Waals surface area contributed by atoms with Crippen LogP contribution in [0.3, 0.4) is 0 Å². The average molecular weight is 354 g/mol. The Kier molecular flexibility index (Phi) is 4.84. The Morgan fingerprint density at radius 2 is 1.65 bits per heavy atom. The lowest BCUT2D eigenvalue weighted by Crippen LogP contribution is -2.60. The molecule has 0 aromatic heterocycles. The largest absolute Gasteiger partial charge is 0.497 e. The summed E-state index contributed by atoms with van der Waals surface area (Å²) >= 11 is 0. The Morgan fingerprint density at radius 1 is 1.04 bits per heavy atom. The van der Waals surface area contributed by atoms with E-state index in [1.165, 1.54) is 6.92 Å². The molecule has 3 rings (SSSR count). The molecule has 0 unspecified atom stereocenters. The molecule has 1 aliphatic rings. The number of methoxy groups -OCH3 is 1. The molecule has 0 N–H and O–H groups in total. The Balaban J connectivity index is 1.94. The lowest BCUT2D eigenvalue weighted by Gasteiger charge is -2.46. The third-order valence-corrected chi connectivity index (χ3v) is 4.44. The zero-order chi connectivity index (χ0) is 18.8. The molecule has 0 bridgehead atoms. The van der Waals surface area contributed by atoms with Crippen LogP contribution >= 0.6 is 0 Å². The molecule has 136 valence electrons. The molecule has 0 spiro atoms. The van der Waals surface area contributed by atoms with Crippen LogP contribution in [-0.4, -0.2) is 39.2 Å². The second-order valence-corrected chi connectivity index (χ2v) is 6.37. The van der Waals surface area contributed by atoms with E-state index in [9.17, 15) is 9.59 Å². The molecule has 1 fully saturated rings. The molecule has 2 aromatic rings. The molecule has 1 amide bonds. The van der Waals surface area contributed by atoms with Crippen LogP contribution in [0.15, 0.2) is 48.5 Å². The summed E-state index contributed by atoms with van der Waals surface area (Å²) < 4.78 is 10.4. The molecule has 0 saturated carbocycles. The number of rotatable bonds is 5. The topological polar surface area (TPSA) is 59.1 Å². The van der Waals surface area contributed by atoms with Crippen molar-refractivity contribution in [3.63, 3.8) is 0 Å². The van der Waals surface area contributed by atoms with E-state index < -0.39 is 12.1 Å². The smallest absolute Gasteiger partial charge is 0.303 e. The zero-order valence-electron chi connectivity index (χ0n) is 15.3. The van der Waals surface area contributed by atoms with Gasteiger partial charge in [0.2, 0.25) is 6.10 Å². The van der Waals surface area contributed by atoms with E-state index in [0.717, 1.165) is 16.9 Å². The van der Waals surface area contributed by atoms with Crippen LogP contribution in [0.25, 0.3) is 0 Å². The van der Waals surface area contributed by atoms with Crippen molar-refractivity contribution in [1.29, 1.82) is 0 Å². The van der Waals surface area contributed by atoms with Gasteiger partial charge in [-0.15, -0.1) is 0 Å². The minimum absolute atomic E-state index is 0.230. The van der Waals surface area contributed by atoms with Crippen LogP contribution in [0.4, 0.5) is 11.4 Å². The summed E-state index contributed by atoms with van der Waals surface area (Å²) in [5.41, 5.74) is 2.71. The van der Waals surface area contributed by atoms with Gasteiger partial charge < -0.3 is 14.4 Å². The van der Waals surface area contributed by atoms with Crippen molar-refractivity contribution >= 4 is 23.3 Å². The number of carbonyl (C=O) groups is 2. The summed E-state index contributed by atoms with van der Waals surface area (Å²) in [6.45, 7) is 1.32. The summed E-state index contributed by atoms with van der Waals surface area (Å²) in [6.07, 6.45) is -0.806. The molecular formula is C20H22N2O4. The number of anilines is 2. The molecule has 6 nitrogen and oxygen atoms in total. The number of benzene rings is 2. The molecule has 1 saturated heterocycles. The number of amides is 1. The standard InChI is InChI=1S/C20H22N2O4/c1-13(23)26-19-18(14-5-7-15(8-6-14)21(2)3)22(20(19)24)16-9-11-17(25-4)12-10-16/h5-12,18-19H,1-4H3/t18-,19+/m0/s1. The Labute approximate surface area is 152 Å². The van der Waals surface area contributed by atoms with Crippen LogP contribution < -0.4 is 14.5 Å². The van der Waals surface area contributed by atoms with E-state index >= 15 is 0 Å². The van der Waals surface area contributed by atoms with Crippen molar-refractivity contribution < 1.29 is 19.1 Å². The maximum atomic E-state index is 12.6. The van der Waals surface area contributed by atoms with E-state index in [4.69, 9.17) is 9.47 Å². The predicted octanol–water partition coefficient (Wildman–Crippen LogP) is 2.78. The first-order chi connectivity index (χ1) is 12.4. The van der Waals surface area contributed by atoms with E-state index in [2.05, 4.69) is 0 Å². The maximum absolute atomic E-state index is 12.6. The molecule has 26 heavy (non-hydrogen) atoms. The summed E-state index contributed by atoms with van der Waals surface area (Å²) in [5.74, 6) is 0.0184. The molecule has 2 atom stereocenters. The van der Waals surface area contributed by atoms with E-state index in [-0.39, 0.29) is 11.9 Å². The normalized spacial score (nSPS) is 18.9. The van der Waals surface area contributed by atoms with Gasteiger partial charge in [-0.05, 0) is 42.0 Å². The summed E-state index contributed by atoms with van der Waals surface area (Å²) in [5, 5.41) is 0. The van der Waals surface area contributed by atoms with E-state index in [0.29, 0.717) is 5.75 Å². The van der Waals surface area contributed by atoms with Gasteiger partial charge in [0.25, 0.3) is 5.91 Å². The van der Waals surface area contributed by atoms with E-state index in [1.54, 1.807) is 24.1 Å². The summed E-state index contributed by atoms with van der Waals surface area (Å²) in [7, 11) is 5.52. The lowest BCUT2D eigenvalue weighted by atomic mass is 9.89. The Bertz CT molecular complexity index is 800. The molecule has 2 aromatic carbocycles.